The van der Waals surface area contributed by atoms with Gasteiger partial charge in [0.25, 0.3) is 0 Å². The zero-order chi connectivity index (χ0) is 17.5. The molecule has 2 rings (SSSR count). The Balaban J connectivity index is 2.24. The van der Waals surface area contributed by atoms with Crippen LogP contribution in [0.1, 0.15) is 53.4 Å². The molecule has 6 heteroatoms. The fraction of sp³-hybridized carbons (Fsp3) is 0.389. The van der Waals surface area contributed by atoms with Crippen molar-refractivity contribution in [2.24, 2.45) is 0 Å². The third-order valence-corrected chi connectivity index (χ3v) is 3.86. The van der Waals surface area contributed by atoms with E-state index in [1.54, 1.807) is 18.2 Å². The fourth-order valence-corrected chi connectivity index (χ4v) is 2.58. The molecular weight excluding hydrogens is 304 g/mol. The van der Waals surface area contributed by atoms with Crippen LogP contribution in [0.2, 0.25) is 0 Å². The van der Waals surface area contributed by atoms with Crippen LogP contribution in [0.25, 0.3) is 0 Å². The molecular formula is C18H24N4O2. The van der Waals surface area contributed by atoms with Crippen molar-refractivity contribution in [1.82, 2.24) is 9.97 Å². The molecule has 2 aromatic rings. The molecule has 0 aliphatic carbocycles. The van der Waals surface area contributed by atoms with Crippen molar-refractivity contribution in [3.8, 4) is 0 Å². The number of benzene rings is 1. The first-order valence-corrected chi connectivity index (χ1v) is 8.20. The number of anilines is 2. The highest BCUT2D eigenvalue weighted by molar-refractivity contribution is 5.87. The molecule has 0 saturated heterocycles. The average Bonchev–Trinajstić information content (AvgIpc) is 2.55. The molecule has 1 aromatic carbocycles. The van der Waals surface area contributed by atoms with Crippen LogP contribution < -0.4 is 11.1 Å². The summed E-state index contributed by atoms with van der Waals surface area (Å²) in [5.41, 5.74) is 8.71. The largest absolute Gasteiger partial charge is 0.478 e. The predicted molar refractivity (Wildman–Crippen MR) is 95.4 cm³/mol. The maximum atomic E-state index is 11.1. The summed E-state index contributed by atoms with van der Waals surface area (Å²) in [5.74, 6) is 0.0467. The van der Waals surface area contributed by atoms with Gasteiger partial charge in [0.1, 0.15) is 5.82 Å². The average molecular weight is 328 g/mol. The van der Waals surface area contributed by atoms with E-state index in [2.05, 4.69) is 22.2 Å². The van der Waals surface area contributed by atoms with E-state index >= 15 is 0 Å². The fourth-order valence-electron chi connectivity index (χ4n) is 2.58. The molecule has 0 bridgehead atoms. The molecule has 0 aliphatic heterocycles. The van der Waals surface area contributed by atoms with Gasteiger partial charge in [0.2, 0.25) is 5.95 Å². The van der Waals surface area contributed by atoms with Crippen molar-refractivity contribution < 1.29 is 9.90 Å². The number of carboxylic acid groups (broad SMARTS) is 1. The summed E-state index contributed by atoms with van der Waals surface area (Å²) in [7, 11) is 0. The number of hydrogen-bond donors (Lipinski definition) is 3. The van der Waals surface area contributed by atoms with Crippen molar-refractivity contribution in [1.29, 1.82) is 0 Å². The van der Waals surface area contributed by atoms with Crippen molar-refractivity contribution >= 4 is 17.7 Å². The minimum absolute atomic E-state index is 0.244. The molecule has 1 heterocycles. The third kappa shape index (κ3) is 4.68. The first kappa shape index (κ1) is 17.7. The van der Waals surface area contributed by atoms with Crippen LogP contribution in [0.5, 0.6) is 0 Å². The van der Waals surface area contributed by atoms with Gasteiger partial charge in [-0.25, -0.2) is 9.78 Å². The lowest BCUT2D eigenvalue weighted by atomic mass is 10.0. The van der Waals surface area contributed by atoms with Crippen molar-refractivity contribution in [3.63, 3.8) is 0 Å². The van der Waals surface area contributed by atoms with Gasteiger partial charge in [-0.2, -0.15) is 4.98 Å². The second kappa shape index (κ2) is 8.29. The Morgan fingerprint density at radius 3 is 2.79 bits per heavy atom. The summed E-state index contributed by atoms with van der Waals surface area (Å²) in [6.07, 6.45) is 3.93. The zero-order valence-corrected chi connectivity index (χ0v) is 14.2. The van der Waals surface area contributed by atoms with Crippen molar-refractivity contribution in [2.75, 3.05) is 17.6 Å². The number of rotatable bonds is 8. The molecule has 0 radical (unpaired) electrons. The molecule has 6 nitrogen and oxygen atoms in total. The van der Waals surface area contributed by atoms with E-state index in [0.29, 0.717) is 6.42 Å². The molecule has 0 atom stereocenters. The number of carboxylic acids is 1. The molecule has 0 aliphatic rings. The monoisotopic (exact) mass is 328 g/mol. The van der Waals surface area contributed by atoms with Crippen LogP contribution >= 0.6 is 0 Å². The van der Waals surface area contributed by atoms with E-state index in [0.717, 1.165) is 48.4 Å². The molecule has 24 heavy (non-hydrogen) atoms. The smallest absolute Gasteiger partial charge is 0.335 e. The Hall–Kier alpha value is -2.63. The molecule has 0 amide bonds. The molecule has 4 N–H and O–H groups in total. The number of nitrogen functional groups attached to an aromatic ring is 1. The van der Waals surface area contributed by atoms with E-state index < -0.39 is 5.97 Å². The van der Waals surface area contributed by atoms with E-state index in [-0.39, 0.29) is 11.5 Å². The van der Waals surface area contributed by atoms with Crippen molar-refractivity contribution in [2.45, 2.75) is 39.5 Å². The minimum Gasteiger partial charge on any atom is -0.478 e. The first-order valence-electron chi connectivity index (χ1n) is 8.20. The van der Waals surface area contributed by atoms with Crippen LogP contribution in [0.4, 0.5) is 11.8 Å². The predicted octanol–water partition coefficient (Wildman–Crippen LogP) is 3.26. The van der Waals surface area contributed by atoms with Crippen LogP contribution in [0, 0.1) is 6.92 Å². The molecule has 0 spiro atoms. The van der Waals surface area contributed by atoms with Gasteiger partial charge in [-0.05, 0) is 31.0 Å². The number of unbranched alkanes of at least 4 members (excludes halogenated alkanes) is 2. The van der Waals surface area contributed by atoms with Gasteiger partial charge in [0.15, 0.2) is 0 Å². The molecule has 0 unspecified atom stereocenters. The summed E-state index contributed by atoms with van der Waals surface area (Å²) in [5, 5.41) is 12.5. The Kier molecular flexibility index (Phi) is 6.12. The minimum atomic E-state index is -0.931. The highest BCUT2D eigenvalue weighted by Crippen LogP contribution is 2.22. The Labute approximate surface area is 142 Å². The van der Waals surface area contributed by atoms with Gasteiger partial charge in [0.05, 0.1) is 5.56 Å². The molecule has 1 aromatic heterocycles. The summed E-state index contributed by atoms with van der Waals surface area (Å²) in [6.45, 7) is 4.88. The van der Waals surface area contributed by atoms with Gasteiger partial charge < -0.3 is 16.2 Å². The van der Waals surface area contributed by atoms with Crippen LogP contribution in [0.15, 0.2) is 24.3 Å². The standard InChI is InChI=1S/C18H24N4O2/c1-3-4-5-9-20-16-15(12(2)21-18(19)22-16)11-13-7-6-8-14(10-13)17(23)24/h6-8,10H,3-5,9,11H2,1-2H3,(H,23,24)(H3,19,20,21,22). The Morgan fingerprint density at radius 1 is 1.29 bits per heavy atom. The molecule has 128 valence electrons. The van der Waals surface area contributed by atoms with Gasteiger partial charge >= 0.3 is 5.97 Å². The first-order chi connectivity index (χ1) is 11.5. The number of aryl methyl sites for hydroxylation is 1. The Bertz CT molecular complexity index is 716. The maximum Gasteiger partial charge on any atom is 0.335 e. The lowest BCUT2D eigenvalue weighted by Gasteiger charge is -2.14. The van der Waals surface area contributed by atoms with Gasteiger partial charge in [0, 0.05) is 24.2 Å². The number of nitrogens with two attached hydrogens (primary N) is 1. The SMILES string of the molecule is CCCCCNc1nc(N)nc(C)c1Cc1cccc(C(=O)O)c1. The number of aromatic carboxylic acids is 1. The van der Waals surface area contributed by atoms with Crippen LogP contribution in [0.3, 0.4) is 0 Å². The summed E-state index contributed by atoms with van der Waals surface area (Å²) >= 11 is 0. The number of aromatic nitrogens is 2. The number of nitrogens with zero attached hydrogens (tertiary/aromatic N) is 2. The quantitative estimate of drug-likeness (QED) is 0.643. The van der Waals surface area contributed by atoms with Crippen LogP contribution in [-0.4, -0.2) is 27.6 Å². The van der Waals surface area contributed by atoms with Crippen LogP contribution in [-0.2, 0) is 6.42 Å². The lowest BCUT2D eigenvalue weighted by molar-refractivity contribution is 0.0697. The van der Waals surface area contributed by atoms with E-state index in [4.69, 9.17) is 10.8 Å². The molecule has 0 fully saturated rings. The number of nitrogens with one attached hydrogen (secondary N) is 1. The Morgan fingerprint density at radius 2 is 2.08 bits per heavy atom. The van der Waals surface area contributed by atoms with Gasteiger partial charge in [-0.15, -0.1) is 0 Å². The highest BCUT2D eigenvalue weighted by atomic mass is 16.4. The van der Waals surface area contributed by atoms with Crippen molar-refractivity contribution in [3.05, 3.63) is 46.6 Å². The van der Waals surface area contributed by atoms with E-state index in [1.807, 2.05) is 13.0 Å². The summed E-state index contributed by atoms with van der Waals surface area (Å²) in [4.78, 5) is 19.7. The third-order valence-electron chi connectivity index (χ3n) is 3.86. The second-order valence-electron chi connectivity index (χ2n) is 5.81. The van der Waals surface area contributed by atoms with E-state index in [9.17, 15) is 4.79 Å². The van der Waals surface area contributed by atoms with E-state index in [1.165, 1.54) is 0 Å². The zero-order valence-electron chi connectivity index (χ0n) is 14.2. The molecule has 0 saturated carbocycles. The summed E-state index contributed by atoms with van der Waals surface area (Å²) in [6, 6.07) is 6.92. The highest BCUT2D eigenvalue weighted by Gasteiger charge is 2.12. The van der Waals surface area contributed by atoms with Gasteiger partial charge in [-0.1, -0.05) is 31.9 Å². The summed E-state index contributed by atoms with van der Waals surface area (Å²) < 4.78 is 0. The normalized spacial score (nSPS) is 10.6. The lowest BCUT2D eigenvalue weighted by Crippen LogP contribution is -2.11. The topological polar surface area (TPSA) is 101 Å². The second-order valence-corrected chi connectivity index (χ2v) is 5.81. The maximum absolute atomic E-state index is 11.1. The number of hydrogen-bond acceptors (Lipinski definition) is 5. The number of carbonyl (C=O) groups is 1. The van der Waals surface area contributed by atoms with Gasteiger partial charge in [-0.3, -0.25) is 0 Å².